The van der Waals surface area contributed by atoms with E-state index in [1.54, 1.807) is 12.1 Å². The molecule has 3 atom stereocenters. The second kappa shape index (κ2) is 5.76. The van der Waals surface area contributed by atoms with Crippen LogP contribution in [-0.2, 0) is 20.8 Å². The predicted molar refractivity (Wildman–Crippen MR) is 89.8 cm³/mol. The van der Waals surface area contributed by atoms with Crippen LogP contribution in [0, 0.1) is 0 Å². The van der Waals surface area contributed by atoms with Crippen LogP contribution in [0.25, 0.3) is 10.8 Å². The summed E-state index contributed by atoms with van der Waals surface area (Å²) in [4.78, 5) is 0.331. The van der Waals surface area contributed by atoms with Gasteiger partial charge in [0, 0.05) is 39.8 Å². The number of fused-ring (bicyclic) bond motifs is 1. The molecular formula is C16H19NO3S2. The lowest BCUT2D eigenvalue weighted by Gasteiger charge is -2.36. The average Bonchev–Trinajstić information content (AvgIpc) is 2.52. The fraction of sp³-hybridized carbons (Fsp3) is 0.375. The molecule has 0 aliphatic carbocycles. The standard InChI is InChI=1S/C16H19NO3S2/c1-12-13(2)21(18)11-10-17(12)22(19,20)16-9-5-7-14-6-3-4-8-15(14)16/h3-9,12-13H,10-11H2,1-2H3/t12-,13+,21+/m1/s1. The summed E-state index contributed by atoms with van der Waals surface area (Å²) in [5.74, 6) is 0.398. The first-order chi connectivity index (χ1) is 10.4. The van der Waals surface area contributed by atoms with Gasteiger partial charge in [-0.05, 0) is 25.3 Å². The van der Waals surface area contributed by atoms with Crippen molar-refractivity contribution in [1.82, 2.24) is 4.31 Å². The van der Waals surface area contributed by atoms with Crippen LogP contribution in [0.2, 0.25) is 0 Å². The maximum absolute atomic E-state index is 13.1. The van der Waals surface area contributed by atoms with Crippen molar-refractivity contribution in [2.24, 2.45) is 0 Å². The Morgan fingerprint density at radius 2 is 1.77 bits per heavy atom. The highest BCUT2D eigenvalue weighted by Gasteiger charge is 2.38. The normalized spacial score (nSPS) is 27.1. The van der Waals surface area contributed by atoms with E-state index < -0.39 is 20.8 Å². The fourth-order valence-corrected chi connectivity index (χ4v) is 6.36. The molecule has 3 rings (SSSR count). The minimum atomic E-state index is -3.60. The van der Waals surface area contributed by atoms with E-state index in [-0.39, 0.29) is 11.3 Å². The highest BCUT2D eigenvalue weighted by molar-refractivity contribution is 7.90. The monoisotopic (exact) mass is 337 g/mol. The zero-order chi connectivity index (χ0) is 15.9. The molecule has 22 heavy (non-hydrogen) atoms. The Morgan fingerprint density at radius 1 is 1.09 bits per heavy atom. The Labute approximate surface area is 133 Å². The van der Waals surface area contributed by atoms with Crippen LogP contribution in [-0.4, -0.2) is 40.5 Å². The first-order valence-electron chi connectivity index (χ1n) is 7.29. The molecular weight excluding hydrogens is 318 g/mol. The summed E-state index contributed by atoms with van der Waals surface area (Å²) in [7, 11) is -4.56. The summed E-state index contributed by atoms with van der Waals surface area (Å²) in [6.07, 6.45) is 0. The lowest BCUT2D eigenvalue weighted by molar-refractivity contribution is 0.335. The van der Waals surface area contributed by atoms with Crippen molar-refractivity contribution in [3.05, 3.63) is 42.5 Å². The molecule has 4 nitrogen and oxygen atoms in total. The van der Waals surface area contributed by atoms with E-state index in [2.05, 4.69) is 0 Å². The van der Waals surface area contributed by atoms with Crippen LogP contribution >= 0.6 is 0 Å². The van der Waals surface area contributed by atoms with Crippen LogP contribution in [0.4, 0.5) is 0 Å². The van der Waals surface area contributed by atoms with Crippen molar-refractivity contribution >= 4 is 31.6 Å². The molecule has 0 unspecified atom stereocenters. The van der Waals surface area contributed by atoms with Gasteiger partial charge < -0.3 is 0 Å². The van der Waals surface area contributed by atoms with Gasteiger partial charge in [0.15, 0.2) is 0 Å². The molecule has 118 valence electrons. The topological polar surface area (TPSA) is 54.5 Å². The van der Waals surface area contributed by atoms with Gasteiger partial charge in [-0.15, -0.1) is 0 Å². The molecule has 0 spiro atoms. The minimum absolute atomic E-state index is 0.154. The number of rotatable bonds is 2. The van der Waals surface area contributed by atoms with Gasteiger partial charge in [-0.1, -0.05) is 36.4 Å². The molecule has 0 radical (unpaired) electrons. The van der Waals surface area contributed by atoms with Crippen LogP contribution in [0.15, 0.2) is 47.4 Å². The van der Waals surface area contributed by atoms with Gasteiger partial charge >= 0.3 is 0 Å². The van der Waals surface area contributed by atoms with Crippen molar-refractivity contribution in [3.63, 3.8) is 0 Å². The summed E-state index contributed by atoms with van der Waals surface area (Å²) in [6.45, 7) is 4.00. The van der Waals surface area contributed by atoms with E-state index in [0.717, 1.165) is 10.8 Å². The molecule has 0 amide bonds. The van der Waals surface area contributed by atoms with Crippen LogP contribution in [0.3, 0.4) is 0 Å². The molecule has 0 N–H and O–H groups in total. The van der Waals surface area contributed by atoms with Crippen LogP contribution in [0.5, 0.6) is 0 Å². The first kappa shape index (κ1) is 15.6. The van der Waals surface area contributed by atoms with E-state index in [0.29, 0.717) is 17.2 Å². The lowest BCUT2D eigenvalue weighted by Crippen LogP contribution is -2.52. The third kappa shape index (κ3) is 2.49. The van der Waals surface area contributed by atoms with Crippen molar-refractivity contribution in [2.45, 2.75) is 30.0 Å². The second-order valence-corrected chi connectivity index (χ2v) is 9.40. The van der Waals surface area contributed by atoms with Gasteiger partial charge in [-0.25, -0.2) is 8.42 Å². The Bertz CT molecular complexity index is 827. The lowest BCUT2D eigenvalue weighted by atomic mass is 10.1. The Morgan fingerprint density at radius 3 is 2.55 bits per heavy atom. The molecule has 1 saturated heterocycles. The summed E-state index contributed by atoms with van der Waals surface area (Å²) < 4.78 is 39.6. The van der Waals surface area contributed by atoms with E-state index in [9.17, 15) is 12.6 Å². The highest BCUT2D eigenvalue weighted by atomic mass is 32.2. The maximum atomic E-state index is 13.1. The van der Waals surface area contributed by atoms with Crippen LogP contribution < -0.4 is 0 Å². The fourth-order valence-electron chi connectivity index (χ4n) is 2.91. The maximum Gasteiger partial charge on any atom is 0.243 e. The predicted octanol–water partition coefficient (Wildman–Crippen LogP) is 2.37. The number of hydrogen-bond donors (Lipinski definition) is 0. The Hall–Kier alpha value is -1.24. The minimum Gasteiger partial charge on any atom is -0.259 e. The van der Waals surface area contributed by atoms with E-state index >= 15 is 0 Å². The molecule has 0 saturated carbocycles. The highest BCUT2D eigenvalue weighted by Crippen LogP contribution is 2.29. The van der Waals surface area contributed by atoms with Gasteiger partial charge in [0.25, 0.3) is 0 Å². The third-order valence-corrected chi connectivity index (χ3v) is 8.25. The summed E-state index contributed by atoms with van der Waals surface area (Å²) in [5, 5.41) is 1.49. The Balaban J connectivity index is 2.11. The van der Waals surface area contributed by atoms with Crippen molar-refractivity contribution < 1.29 is 12.6 Å². The SMILES string of the molecule is C[C@@H]1[C@H](C)[S@@](=O)CCN1S(=O)(=O)c1cccc2ccccc12. The molecule has 1 aliphatic heterocycles. The van der Waals surface area contributed by atoms with E-state index in [1.165, 1.54) is 4.31 Å². The van der Waals surface area contributed by atoms with Crippen molar-refractivity contribution in [1.29, 1.82) is 0 Å². The quantitative estimate of drug-likeness (QED) is 0.845. The molecule has 1 heterocycles. The summed E-state index contributed by atoms with van der Waals surface area (Å²) >= 11 is 0. The molecule has 6 heteroatoms. The van der Waals surface area contributed by atoms with Crippen molar-refractivity contribution in [2.75, 3.05) is 12.3 Å². The van der Waals surface area contributed by atoms with Crippen molar-refractivity contribution in [3.8, 4) is 0 Å². The van der Waals surface area contributed by atoms with Gasteiger partial charge in [0.1, 0.15) is 0 Å². The molecule has 0 bridgehead atoms. The third-order valence-electron chi connectivity index (χ3n) is 4.40. The average molecular weight is 337 g/mol. The van der Waals surface area contributed by atoms with Gasteiger partial charge in [-0.3, -0.25) is 4.21 Å². The molecule has 1 aliphatic rings. The molecule has 2 aromatic carbocycles. The molecule has 2 aromatic rings. The van der Waals surface area contributed by atoms with Gasteiger partial charge in [-0.2, -0.15) is 4.31 Å². The Kier molecular flexibility index (Phi) is 4.09. The second-order valence-electron chi connectivity index (χ2n) is 5.62. The zero-order valence-corrected chi connectivity index (χ0v) is 14.2. The molecule has 1 fully saturated rings. The molecule has 0 aromatic heterocycles. The number of nitrogens with zero attached hydrogens (tertiary/aromatic N) is 1. The van der Waals surface area contributed by atoms with Gasteiger partial charge in [0.2, 0.25) is 10.0 Å². The summed E-state index contributed by atoms with van der Waals surface area (Å²) in [6, 6.07) is 12.5. The first-order valence-corrected chi connectivity index (χ1v) is 10.1. The van der Waals surface area contributed by atoms with E-state index in [4.69, 9.17) is 0 Å². The van der Waals surface area contributed by atoms with Gasteiger partial charge in [0.05, 0.1) is 4.90 Å². The van der Waals surface area contributed by atoms with E-state index in [1.807, 2.05) is 44.2 Å². The summed E-state index contributed by atoms with van der Waals surface area (Å²) in [5.41, 5.74) is 0. The number of benzene rings is 2. The number of sulfonamides is 1. The number of hydrogen-bond acceptors (Lipinski definition) is 3. The smallest absolute Gasteiger partial charge is 0.243 e. The van der Waals surface area contributed by atoms with Crippen LogP contribution in [0.1, 0.15) is 13.8 Å². The zero-order valence-electron chi connectivity index (χ0n) is 12.6. The largest absolute Gasteiger partial charge is 0.259 e.